The minimum absolute atomic E-state index is 0.00400. The number of nitrogens with one attached hydrogen (secondary N) is 1. The number of hydrogen-bond acceptors (Lipinski definition) is 6. The summed E-state index contributed by atoms with van der Waals surface area (Å²) in [6.07, 6.45) is 64.3. The summed E-state index contributed by atoms with van der Waals surface area (Å²) in [5, 5.41) is 13.8. The number of quaternary nitrogens is 1. The molecule has 404 valence electrons. The van der Waals surface area contributed by atoms with E-state index >= 15 is 0 Å². The van der Waals surface area contributed by atoms with Crippen LogP contribution in [-0.4, -0.2) is 68.5 Å². The molecule has 0 aliphatic heterocycles. The first kappa shape index (κ1) is 67.0. The highest BCUT2D eigenvalue weighted by atomic mass is 31.2. The van der Waals surface area contributed by atoms with Gasteiger partial charge in [-0.2, -0.15) is 0 Å². The highest BCUT2D eigenvalue weighted by Gasteiger charge is 2.23. The second-order valence-corrected chi connectivity index (χ2v) is 23.1. The van der Waals surface area contributed by atoms with Crippen molar-refractivity contribution in [1.29, 1.82) is 0 Å². The molecule has 0 fully saturated rings. The van der Waals surface area contributed by atoms with Crippen LogP contribution in [0.3, 0.4) is 0 Å². The van der Waals surface area contributed by atoms with Gasteiger partial charge in [0.2, 0.25) is 5.91 Å². The maximum Gasteiger partial charge on any atom is 0.268 e. The second-order valence-electron chi connectivity index (χ2n) is 21.7. The number of aliphatic hydroxyl groups excluding tert-OH is 1. The van der Waals surface area contributed by atoms with Gasteiger partial charge in [-0.05, 0) is 32.1 Å². The summed E-state index contributed by atoms with van der Waals surface area (Å²) in [4.78, 5) is 25.4. The highest BCUT2D eigenvalue weighted by molar-refractivity contribution is 7.45. The lowest BCUT2D eigenvalue weighted by molar-refractivity contribution is -0.870. The molecule has 0 saturated carbocycles. The number of unbranched alkanes of at least 4 members (excludes halogenated alkanes) is 40. The third-order valence-corrected chi connectivity index (χ3v) is 14.6. The van der Waals surface area contributed by atoms with Crippen LogP contribution in [0, 0.1) is 0 Å². The van der Waals surface area contributed by atoms with E-state index in [0.29, 0.717) is 17.4 Å². The van der Waals surface area contributed by atoms with Gasteiger partial charge >= 0.3 is 0 Å². The summed E-state index contributed by atoms with van der Waals surface area (Å²) in [5.74, 6) is -0.202. The van der Waals surface area contributed by atoms with E-state index in [9.17, 15) is 19.4 Å². The lowest BCUT2D eigenvalue weighted by Gasteiger charge is -2.29. The SMILES string of the molecule is CCCCCCCCC/C=C/CC/C=C/C(O)C(COP(=O)([O-])OCC[N+](C)(C)C)NC(=O)CCCCCCCCCCCCCCCCCCCCCCCCCCCCCCCCCCC. The normalized spacial score (nSPS) is 14.0. The van der Waals surface area contributed by atoms with Gasteiger partial charge in [0.1, 0.15) is 13.2 Å². The molecular weight excluding hydrogens is 864 g/mol. The molecule has 0 aromatic carbocycles. The molecule has 0 aromatic rings. The molecule has 2 N–H and O–H groups in total. The van der Waals surface area contributed by atoms with Crippen molar-refractivity contribution < 1.29 is 32.9 Å². The van der Waals surface area contributed by atoms with Crippen LogP contribution in [-0.2, 0) is 18.4 Å². The van der Waals surface area contributed by atoms with Crippen LogP contribution in [0.5, 0.6) is 0 Å². The first-order valence-electron chi connectivity index (χ1n) is 29.7. The fraction of sp³-hybridized carbons (Fsp3) is 0.915. The Morgan fingerprint density at radius 3 is 1.19 bits per heavy atom. The maximum absolute atomic E-state index is 12.9. The summed E-state index contributed by atoms with van der Waals surface area (Å²) in [7, 11) is 1.26. The van der Waals surface area contributed by atoms with Gasteiger partial charge in [-0.25, -0.2) is 0 Å². The number of nitrogens with zero attached hydrogens (tertiary/aromatic N) is 1. The maximum atomic E-state index is 12.9. The van der Waals surface area contributed by atoms with Gasteiger partial charge < -0.3 is 28.8 Å². The van der Waals surface area contributed by atoms with Crippen molar-refractivity contribution in [2.45, 2.75) is 309 Å². The van der Waals surface area contributed by atoms with Crippen molar-refractivity contribution in [2.75, 3.05) is 40.9 Å². The molecule has 1 amide bonds. The zero-order chi connectivity index (χ0) is 49.9. The number of phosphoric acid groups is 1. The summed E-state index contributed by atoms with van der Waals surface area (Å²) >= 11 is 0. The molecule has 0 aliphatic carbocycles. The molecule has 68 heavy (non-hydrogen) atoms. The first-order chi connectivity index (χ1) is 33.0. The molecule has 0 aliphatic rings. The molecule has 0 aromatic heterocycles. The zero-order valence-electron chi connectivity index (χ0n) is 46.1. The van der Waals surface area contributed by atoms with E-state index in [0.717, 1.165) is 38.5 Å². The van der Waals surface area contributed by atoms with Crippen LogP contribution < -0.4 is 10.2 Å². The van der Waals surface area contributed by atoms with E-state index in [1.165, 1.54) is 238 Å². The first-order valence-corrected chi connectivity index (χ1v) is 31.2. The highest BCUT2D eigenvalue weighted by Crippen LogP contribution is 2.38. The fourth-order valence-corrected chi connectivity index (χ4v) is 9.72. The van der Waals surface area contributed by atoms with E-state index in [1.54, 1.807) is 6.08 Å². The number of allylic oxidation sites excluding steroid dienone is 3. The number of carbonyl (C=O) groups excluding carboxylic acids is 1. The van der Waals surface area contributed by atoms with Crippen molar-refractivity contribution in [3.63, 3.8) is 0 Å². The van der Waals surface area contributed by atoms with E-state index in [2.05, 4.69) is 31.3 Å². The Morgan fingerprint density at radius 1 is 0.500 bits per heavy atom. The van der Waals surface area contributed by atoms with Crippen LogP contribution in [0.25, 0.3) is 0 Å². The Hall–Kier alpha value is -1.02. The molecule has 0 bridgehead atoms. The van der Waals surface area contributed by atoms with Crippen molar-refractivity contribution >= 4 is 13.7 Å². The predicted molar refractivity (Wildman–Crippen MR) is 293 cm³/mol. The van der Waals surface area contributed by atoms with Crippen LogP contribution in [0.4, 0.5) is 0 Å². The fourth-order valence-electron chi connectivity index (χ4n) is 9.00. The average molecular weight is 982 g/mol. The van der Waals surface area contributed by atoms with Crippen LogP contribution in [0.2, 0.25) is 0 Å². The molecule has 0 saturated heterocycles. The molecule has 3 unspecified atom stereocenters. The van der Waals surface area contributed by atoms with Gasteiger partial charge in [-0.3, -0.25) is 9.36 Å². The largest absolute Gasteiger partial charge is 0.756 e. The summed E-state index contributed by atoms with van der Waals surface area (Å²) in [6, 6.07) is -0.899. The van der Waals surface area contributed by atoms with Gasteiger partial charge in [0, 0.05) is 6.42 Å². The third-order valence-electron chi connectivity index (χ3n) is 13.7. The Balaban J connectivity index is 3.97. The van der Waals surface area contributed by atoms with Crippen molar-refractivity contribution in [3.8, 4) is 0 Å². The van der Waals surface area contributed by atoms with Gasteiger partial charge in [0.25, 0.3) is 7.82 Å². The smallest absolute Gasteiger partial charge is 0.268 e. The van der Waals surface area contributed by atoms with Crippen LogP contribution >= 0.6 is 7.82 Å². The van der Waals surface area contributed by atoms with Crippen molar-refractivity contribution in [1.82, 2.24) is 5.32 Å². The van der Waals surface area contributed by atoms with E-state index in [4.69, 9.17) is 9.05 Å². The van der Waals surface area contributed by atoms with Gasteiger partial charge in [0.15, 0.2) is 0 Å². The van der Waals surface area contributed by atoms with Crippen LogP contribution in [0.15, 0.2) is 24.3 Å². The Bertz CT molecular complexity index is 1160. The summed E-state index contributed by atoms with van der Waals surface area (Å²) in [5.41, 5.74) is 0. The number of likely N-dealkylation sites (N-methyl/N-ethyl adjacent to an activating group) is 1. The monoisotopic (exact) mass is 981 g/mol. The van der Waals surface area contributed by atoms with E-state index in [1.807, 2.05) is 27.2 Å². The van der Waals surface area contributed by atoms with Gasteiger partial charge in [0.05, 0.1) is 39.9 Å². The standard InChI is InChI=1S/C59H117N2O6P/c1-6-8-10-12-14-16-18-20-21-22-23-24-25-26-27-28-29-30-31-32-33-34-35-36-37-38-39-41-43-45-47-49-51-53-59(63)60-57(56-67-68(64,65)66-55-54-61(3,4)5)58(62)52-50-48-46-44-42-40-19-17-15-13-11-9-7-2/h42,44,50,52,57-58,62H,6-41,43,45-49,51,53-56H2,1-5H3,(H-,60,63,64,65)/b44-42+,52-50+. The number of aliphatic hydroxyl groups is 1. The minimum Gasteiger partial charge on any atom is -0.756 e. The topological polar surface area (TPSA) is 108 Å². The summed E-state index contributed by atoms with van der Waals surface area (Å²) in [6.45, 7) is 4.65. The van der Waals surface area contributed by atoms with Gasteiger partial charge in [-0.1, -0.05) is 282 Å². The zero-order valence-corrected chi connectivity index (χ0v) is 47.0. The lowest BCUT2D eigenvalue weighted by Crippen LogP contribution is -2.45. The predicted octanol–water partition coefficient (Wildman–Crippen LogP) is 17.4. The van der Waals surface area contributed by atoms with E-state index in [-0.39, 0.29) is 19.1 Å². The molecule has 0 radical (unpaired) electrons. The Morgan fingerprint density at radius 2 is 0.824 bits per heavy atom. The molecule has 9 heteroatoms. The quantitative estimate of drug-likeness (QED) is 0.0272. The number of hydrogen-bond donors (Lipinski definition) is 2. The molecule has 0 rings (SSSR count). The number of carbonyl (C=O) groups is 1. The Kier molecular flexibility index (Phi) is 50.1. The summed E-state index contributed by atoms with van der Waals surface area (Å²) < 4.78 is 23.3. The van der Waals surface area contributed by atoms with Crippen molar-refractivity contribution in [2.24, 2.45) is 0 Å². The number of amides is 1. The third kappa shape index (κ3) is 52.8. The van der Waals surface area contributed by atoms with Crippen LogP contribution in [0.1, 0.15) is 296 Å². The van der Waals surface area contributed by atoms with E-state index < -0.39 is 20.0 Å². The minimum atomic E-state index is -4.60. The second kappa shape index (κ2) is 50.9. The lowest BCUT2D eigenvalue weighted by atomic mass is 10.0. The number of phosphoric ester groups is 1. The molecule has 0 spiro atoms. The Labute approximate surface area is 424 Å². The molecule has 3 atom stereocenters. The number of rotatable bonds is 55. The molecule has 0 heterocycles. The average Bonchev–Trinajstić information content (AvgIpc) is 3.30. The molecule has 8 nitrogen and oxygen atoms in total. The van der Waals surface area contributed by atoms with Crippen molar-refractivity contribution in [3.05, 3.63) is 24.3 Å². The van der Waals surface area contributed by atoms with Gasteiger partial charge in [-0.15, -0.1) is 0 Å². The molecular formula is C59H117N2O6P.